The molecule has 0 atom stereocenters. The third-order valence-electron chi connectivity index (χ3n) is 5.56. The molecular weight excluding hydrogens is 450 g/mol. The summed E-state index contributed by atoms with van der Waals surface area (Å²) in [6.45, 7) is 7.74. The quantitative estimate of drug-likeness (QED) is 0.417. The van der Waals surface area contributed by atoms with E-state index in [4.69, 9.17) is 9.40 Å². The first-order valence-electron chi connectivity index (χ1n) is 11.0. The molecule has 0 aliphatic carbocycles. The van der Waals surface area contributed by atoms with E-state index in [1.807, 2.05) is 44.3 Å². The summed E-state index contributed by atoms with van der Waals surface area (Å²) >= 11 is 0. The van der Waals surface area contributed by atoms with E-state index in [9.17, 15) is 8.42 Å². The number of benzene rings is 2. The van der Waals surface area contributed by atoms with Gasteiger partial charge in [-0.25, -0.2) is 13.4 Å². The van der Waals surface area contributed by atoms with Crippen molar-refractivity contribution in [2.45, 2.75) is 44.4 Å². The minimum Gasteiger partial charge on any atom is -0.415 e. The van der Waals surface area contributed by atoms with Gasteiger partial charge in [0.1, 0.15) is 5.69 Å². The number of hydrogen-bond acceptors (Lipinski definition) is 8. The summed E-state index contributed by atoms with van der Waals surface area (Å²) < 4.78 is 31.1. The normalized spacial score (nSPS) is 11.8. The second-order valence-corrected chi connectivity index (χ2v) is 10.9. The van der Waals surface area contributed by atoms with E-state index in [-0.39, 0.29) is 5.89 Å². The van der Waals surface area contributed by atoms with Crippen LogP contribution < -0.4 is 5.32 Å². The molecule has 0 amide bonds. The van der Waals surface area contributed by atoms with Crippen molar-refractivity contribution in [2.75, 3.05) is 7.05 Å². The Morgan fingerprint density at radius 1 is 0.971 bits per heavy atom. The van der Waals surface area contributed by atoms with Crippen molar-refractivity contribution in [1.82, 2.24) is 25.5 Å². The highest BCUT2D eigenvalue weighted by atomic mass is 32.2. The maximum atomic E-state index is 12.6. The Balaban J connectivity index is 1.67. The Kier molecular flexibility index (Phi) is 6.58. The summed E-state index contributed by atoms with van der Waals surface area (Å²) in [6.07, 6.45) is 1.65. The standard InChI is InChI=1S/C25H27N5O3S/c1-15(2)34(31,32)22-11-10-20(12-16(22)3)21-14-27-17(4)23(28-21)25-30-29-24(33-25)19-8-6-18(7-9-19)13-26-5/h6-12,14-15,26H,13H2,1-5H3. The van der Waals surface area contributed by atoms with Gasteiger partial charge in [0.15, 0.2) is 9.84 Å². The van der Waals surface area contributed by atoms with Gasteiger partial charge in [0.05, 0.1) is 27.7 Å². The molecule has 8 nitrogen and oxygen atoms in total. The number of sulfone groups is 1. The molecule has 176 valence electrons. The SMILES string of the molecule is CNCc1ccc(-c2nnc(-c3nc(-c4ccc(S(=O)(=O)C(C)C)c(C)c4)cnc3C)o2)cc1. The van der Waals surface area contributed by atoms with Crippen LogP contribution in [0.25, 0.3) is 34.3 Å². The van der Waals surface area contributed by atoms with Gasteiger partial charge in [-0.05, 0) is 70.1 Å². The second-order valence-electron chi connectivity index (χ2n) is 8.40. The molecule has 1 N–H and O–H groups in total. The fourth-order valence-corrected chi connectivity index (χ4v) is 4.85. The minimum atomic E-state index is -3.37. The monoisotopic (exact) mass is 477 g/mol. The zero-order chi connectivity index (χ0) is 24.5. The van der Waals surface area contributed by atoms with E-state index in [0.29, 0.717) is 33.4 Å². The van der Waals surface area contributed by atoms with Gasteiger partial charge in [-0.2, -0.15) is 0 Å². The maximum absolute atomic E-state index is 12.6. The van der Waals surface area contributed by atoms with Crippen LogP contribution in [0.1, 0.15) is 30.7 Å². The molecule has 34 heavy (non-hydrogen) atoms. The molecule has 4 rings (SSSR count). The molecule has 2 aromatic carbocycles. The van der Waals surface area contributed by atoms with Gasteiger partial charge in [0.25, 0.3) is 5.89 Å². The van der Waals surface area contributed by atoms with Crippen LogP contribution in [-0.4, -0.2) is 40.9 Å². The van der Waals surface area contributed by atoms with Crippen LogP contribution in [0.5, 0.6) is 0 Å². The van der Waals surface area contributed by atoms with E-state index in [1.54, 1.807) is 39.1 Å². The first kappa shape index (κ1) is 23.7. The number of nitrogens with one attached hydrogen (secondary N) is 1. The van der Waals surface area contributed by atoms with Crippen LogP contribution in [0.15, 0.2) is 58.0 Å². The molecule has 0 saturated heterocycles. The van der Waals surface area contributed by atoms with E-state index >= 15 is 0 Å². The zero-order valence-corrected chi connectivity index (χ0v) is 20.6. The van der Waals surface area contributed by atoms with Crippen LogP contribution >= 0.6 is 0 Å². The van der Waals surface area contributed by atoms with Gasteiger partial charge >= 0.3 is 0 Å². The molecule has 9 heteroatoms. The zero-order valence-electron chi connectivity index (χ0n) is 19.8. The molecule has 0 aliphatic heterocycles. The van der Waals surface area contributed by atoms with Crippen molar-refractivity contribution in [3.63, 3.8) is 0 Å². The first-order valence-corrected chi connectivity index (χ1v) is 12.5. The first-order chi connectivity index (χ1) is 16.2. The topological polar surface area (TPSA) is 111 Å². The highest BCUT2D eigenvalue weighted by Gasteiger charge is 2.22. The highest BCUT2D eigenvalue weighted by molar-refractivity contribution is 7.92. The Bertz CT molecular complexity index is 1430. The molecular formula is C25H27N5O3S. The molecule has 0 saturated carbocycles. The van der Waals surface area contributed by atoms with E-state index in [0.717, 1.165) is 23.2 Å². The Morgan fingerprint density at radius 2 is 1.65 bits per heavy atom. The Hall–Kier alpha value is -3.43. The predicted octanol–water partition coefficient (Wildman–Crippen LogP) is 4.38. The number of hydrogen-bond donors (Lipinski definition) is 1. The van der Waals surface area contributed by atoms with Gasteiger partial charge in [0.2, 0.25) is 5.89 Å². The molecule has 2 aromatic heterocycles. The van der Waals surface area contributed by atoms with Crippen molar-refractivity contribution in [3.8, 4) is 34.3 Å². The second kappa shape index (κ2) is 9.44. The molecule has 0 unspecified atom stereocenters. The smallest absolute Gasteiger partial charge is 0.268 e. The van der Waals surface area contributed by atoms with Gasteiger partial charge in [-0.3, -0.25) is 4.98 Å². The molecule has 0 spiro atoms. The highest BCUT2D eigenvalue weighted by Crippen LogP contribution is 2.29. The predicted molar refractivity (Wildman–Crippen MR) is 131 cm³/mol. The van der Waals surface area contributed by atoms with Crippen molar-refractivity contribution >= 4 is 9.84 Å². The number of aromatic nitrogens is 4. The maximum Gasteiger partial charge on any atom is 0.268 e. The summed E-state index contributed by atoms with van der Waals surface area (Å²) in [5, 5.41) is 11.0. The third kappa shape index (κ3) is 4.62. The molecule has 0 fully saturated rings. The van der Waals surface area contributed by atoms with E-state index in [2.05, 4.69) is 20.5 Å². The lowest BCUT2D eigenvalue weighted by molar-refractivity contribution is 0.581. The van der Waals surface area contributed by atoms with Crippen molar-refractivity contribution < 1.29 is 12.8 Å². The van der Waals surface area contributed by atoms with E-state index in [1.165, 1.54) is 0 Å². The van der Waals surface area contributed by atoms with Crippen LogP contribution in [0.2, 0.25) is 0 Å². The van der Waals surface area contributed by atoms with Gasteiger partial charge in [0, 0.05) is 17.7 Å². The minimum absolute atomic E-state index is 0.275. The molecule has 0 radical (unpaired) electrons. The summed E-state index contributed by atoms with van der Waals surface area (Å²) in [7, 11) is -1.47. The van der Waals surface area contributed by atoms with Crippen LogP contribution in [0, 0.1) is 13.8 Å². The summed E-state index contributed by atoms with van der Waals surface area (Å²) in [6, 6.07) is 13.1. The van der Waals surface area contributed by atoms with Crippen molar-refractivity contribution in [1.29, 1.82) is 0 Å². The average Bonchev–Trinajstić information content (AvgIpc) is 3.30. The van der Waals surface area contributed by atoms with Gasteiger partial charge in [-0.15, -0.1) is 10.2 Å². The van der Waals surface area contributed by atoms with Crippen molar-refractivity contribution in [2.24, 2.45) is 0 Å². The van der Waals surface area contributed by atoms with Crippen molar-refractivity contribution in [3.05, 3.63) is 65.5 Å². The molecule has 4 aromatic rings. The Morgan fingerprint density at radius 3 is 2.29 bits per heavy atom. The van der Waals surface area contributed by atoms with Crippen LogP contribution in [0.4, 0.5) is 0 Å². The third-order valence-corrected chi connectivity index (χ3v) is 7.87. The van der Waals surface area contributed by atoms with Gasteiger partial charge < -0.3 is 9.73 Å². The Labute approximate surface area is 199 Å². The number of rotatable bonds is 7. The largest absolute Gasteiger partial charge is 0.415 e. The van der Waals surface area contributed by atoms with E-state index < -0.39 is 15.1 Å². The van der Waals surface area contributed by atoms with Crippen LogP contribution in [0.3, 0.4) is 0 Å². The summed E-state index contributed by atoms with van der Waals surface area (Å²) in [4.78, 5) is 9.50. The number of nitrogens with zero attached hydrogens (tertiary/aromatic N) is 4. The lowest BCUT2D eigenvalue weighted by atomic mass is 10.1. The van der Waals surface area contributed by atoms with Crippen LogP contribution in [-0.2, 0) is 16.4 Å². The summed E-state index contributed by atoms with van der Waals surface area (Å²) in [5.74, 6) is 0.675. The lowest BCUT2D eigenvalue weighted by Crippen LogP contribution is -2.15. The average molecular weight is 478 g/mol. The fraction of sp³-hybridized carbons (Fsp3) is 0.280. The molecule has 2 heterocycles. The molecule has 0 bridgehead atoms. The number of aryl methyl sites for hydroxylation is 2. The molecule has 0 aliphatic rings. The summed E-state index contributed by atoms with van der Waals surface area (Å²) in [5.41, 5.74) is 5.12. The lowest BCUT2D eigenvalue weighted by Gasteiger charge is -2.12. The van der Waals surface area contributed by atoms with Gasteiger partial charge in [-0.1, -0.05) is 18.2 Å². The fourth-order valence-electron chi connectivity index (χ4n) is 3.58.